The maximum absolute atomic E-state index is 12.6. The van der Waals surface area contributed by atoms with E-state index in [4.69, 9.17) is 0 Å². The van der Waals surface area contributed by atoms with Gasteiger partial charge in [-0.15, -0.1) is 11.3 Å². The second-order valence-electron chi connectivity index (χ2n) is 7.82. The van der Waals surface area contributed by atoms with Gasteiger partial charge < -0.3 is 10.2 Å². The van der Waals surface area contributed by atoms with Crippen LogP contribution in [-0.4, -0.2) is 54.3 Å². The number of nitrogens with zero attached hydrogens (tertiary/aromatic N) is 2. The highest BCUT2D eigenvalue weighted by molar-refractivity contribution is 7.12. The van der Waals surface area contributed by atoms with E-state index in [1.54, 1.807) is 0 Å². The monoisotopic (exact) mass is 433 g/mol. The van der Waals surface area contributed by atoms with Gasteiger partial charge in [-0.05, 0) is 35.1 Å². The zero-order valence-electron chi connectivity index (χ0n) is 17.7. The Morgan fingerprint density at radius 1 is 0.903 bits per heavy atom. The highest BCUT2D eigenvalue weighted by Gasteiger charge is 2.24. The van der Waals surface area contributed by atoms with Crippen LogP contribution in [-0.2, 0) is 4.79 Å². The van der Waals surface area contributed by atoms with Crippen molar-refractivity contribution in [2.24, 2.45) is 0 Å². The minimum Gasteiger partial charge on any atom is -0.348 e. The molecule has 2 aromatic carbocycles. The Morgan fingerprint density at radius 2 is 1.58 bits per heavy atom. The Hall–Kier alpha value is -2.96. The van der Waals surface area contributed by atoms with Crippen molar-refractivity contribution in [3.8, 4) is 11.1 Å². The van der Waals surface area contributed by atoms with Crippen LogP contribution in [0.2, 0.25) is 0 Å². The number of hydrogen-bond acceptors (Lipinski definition) is 4. The highest BCUT2D eigenvalue weighted by Crippen LogP contribution is 2.22. The van der Waals surface area contributed by atoms with E-state index in [0.29, 0.717) is 32.7 Å². The van der Waals surface area contributed by atoms with Gasteiger partial charge in [-0.25, -0.2) is 0 Å². The van der Waals surface area contributed by atoms with Crippen molar-refractivity contribution in [1.29, 1.82) is 0 Å². The number of carbonyl (C=O) groups excluding carboxylic acids is 2. The third kappa shape index (κ3) is 5.40. The average Bonchev–Trinajstić information content (AvgIpc) is 3.35. The quantitative estimate of drug-likeness (QED) is 0.638. The van der Waals surface area contributed by atoms with Gasteiger partial charge in [0.05, 0.1) is 17.5 Å². The molecule has 0 radical (unpaired) electrons. The SMILES string of the molecule is C[C@@H](NC(=O)CN1CCN(C(=O)c2cccs2)CC1)c1ccc(-c2ccccc2)cc1. The molecule has 1 atom stereocenters. The molecule has 1 aliphatic rings. The summed E-state index contributed by atoms with van der Waals surface area (Å²) in [5.41, 5.74) is 3.43. The topological polar surface area (TPSA) is 52.7 Å². The molecule has 2 amide bonds. The number of carbonyl (C=O) groups is 2. The summed E-state index contributed by atoms with van der Waals surface area (Å²) in [6, 6.07) is 22.3. The van der Waals surface area contributed by atoms with Gasteiger partial charge in [-0.1, -0.05) is 60.7 Å². The van der Waals surface area contributed by atoms with Crippen molar-refractivity contribution in [1.82, 2.24) is 15.1 Å². The fraction of sp³-hybridized carbons (Fsp3) is 0.280. The molecule has 1 aromatic heterocycles. The van der Waals surface area contributed by atoms with E-state index < -0.39 is 0 Å². The summed E-state index contributed by atoms with van der Waals surface area (Å²) in [6.45, 7) is 5.09. The van der Waals surface area contributed by atoms with Crippen molar-refractivity contribution < 1.29 is 9.59 Å². The van der Waals surface area contributed by atoms with Gasteiger partial charge in [-0.3, -0.25) is 14.5 Å². The lowest BCUT2D eigenvalue weighted by Crippen LogP contribution is -2.51. The summed E-state index contributed by atoms with van der Waals surface area (Å²) >= 11 is 1.47. The summed E-state index contributed by atoms with van der Waals surface area (Å²) < 4.78 is 0. The largest absolute Gasteiger partial charge is 0.348 e. The van der Waals surface area contributed by atoms with Gasteiger partial charge in [-0.2, -0.15) is 0 Å². The minimum atomic E-state index is -0.0565. The first-order valence-electron chi connectivity index (χ1n) is 10.6. The van der Waals surface area contributed by atoms with Crippen molar-refractivity contribution in [3.63, 3.8) is 0 Å². The molecule has 1 N–H and O–H groups in total. The zero-order valence-corrected chi connectivity index (χ0v) is 18.5. The van der Waals surface area contributed by atoms with Crippen molar-refractivity contribution >= 4 is 23.2 Å². The van der Waals surface area contributed by atoms with E-state index in [-0.39, 0.29) is 17.9 Å². The van der Waals surface area contributed by atoms with E-state index in [9.17, 15) is 9.59 Å². The molecule has 1 aliphatic heterocycles. The predicted molar refractivity (Wildman–Crippen MR) is 125 cm³/mol. The Morgan fingerprint density at radius 3 is 2.23 bits per heavy atom. The molecule has 31 heavy (non-hydrogen) atoms. The van der Waals surface area contributed by atoms with Gasteiger partial charge in [0.2, 0.25) is 5.91 Å². The standard InChI is InChI=1S/C25H27N3O2S/c1-19(20-9-11-22(12-10-20)21-6-3-2-4-7-21)26-24(29)18-27-13-15-28(16-14-27)25(30)23-8-5-17-31-23/h2-12,17,19H,13-16,18H2,1H3,(H,26,29)/t19-/m1/s1. The molecule has 0 saturated carbocycles. The zero-order chi connectivity index (χ0) is 21.6. The normalized spacial score (nSPS) is 15.5. The van der Waals surface area contributed by atoms with Crippen LogP contribution in [0.15, 0.2) is 72.1 Å². The summed E-state index contributed by atoms with van der Waals surface area (Å²) in [5.74, 6) is 0.101. The Kier molecular flexibility index (Phi) is 6.79. The predicted octanol–water partition coefficient (Wildman–Crippen LogP) is 4.05. The van der Waals surface area contributed by atoms with Crippen LogP contribution < -0.4 is 5.32 Å². The first-order chi connectivity index (χ1) is 15.1. The second-order valence-corrected chi connectivity index (χ2v) is 8.77. The molecule has 0 aliphatic carbocycles. The van der Waals surface area contributed by atoms with Crippen LogP contribution in [0.25, 0.3) is 11.1 Å². The fourth-order valence-electron chi connectivity index (χ4n) is 3.83. The maximum atomic E-state index is 12.6. The molecule has 3 aromatic rings. The number of nitrogens with one attached hydrogen (secondary N) is 1. The van der Waals surface area contributed by atoms with Gasteiger partial charge in [0.25, 0.3) is 5.91 Å². The van der Waals surface area contributed by atoms with Crippen LogP contribution >= 0.6 is 11.3 Å². The number of hydrogen-bond donors (Lipinski definition) is 1. The first kappa shape index (κ1) is 21.3. The van der Waals surface area contributed by atoms with Crippen LogP contribution in [0.4, 0.5) is 0 Å². The smallest absolute Gasteiger partial charge is 0.264 e. The highest BCUT2D eigenvalue weighted by atomic mass is 32.1. The number of rotatable bonds is 6. The molecule has 4 rings (SSSR count). The molecule has 1 saturated heterocycles. The van der Waals surface area contributed by atoms with Crippen molar-refractivity contribution in [2.75, 3.05) is 32.7 Å². The number of piperazine rings is 1. The molecule has 6 heteroatoms. The lowest BCUT2D eigenvalue weighted by molar-refractivity contribution is -0.123. The number of thiophene rings is 1. The van der Waals surface area contributed by atoms with E-state index >= 15 is 0 Å². The fourth-order valence-corrected chi connectivity index (χ4v) is 4.52. The van der Waals surface area contributed by atoms with Gasteiger partial charge in [0, 0.05) is 26.2 Å². The van der Waals surface area contributed by atoms with Gasteiger partial charge >= 0.3 is 0 Å². The van der Waals surface area contributed by atoms with E-state index in [0.717, 1.165) is 16.0 Å². The third-order valence-corrected chi connectivity index (χ3v) is 6.51. The van der Waals surface area contributed by atoms with Crippen LogP contribution in [0, 0.1) is 0 Å². The molecular formula is C25H27N3O2S. The van der Waals surface area contributed by atoms with Crippen LogP contribution in [0.1, 0.15) is 28.2 Å². The second kappa shape index (κ2) is 9.90. The first-order valence-corrected chi connectivity index (χ1v) is 11.5. The lowest BCUT2D eigenvalue weighted by atomic mass is 10.0. The molecule has 1 fully saturated rings. The average molecular weight is 434 g/mol. The van der Waals surface area contributed by atoms with Crippen LogP contribution in [0.5, 0.6) is 0 Å². The van der Waals surface area contributed by atoms with Crippen molar-refractivity contribution in [2.45, 2.75) is 13.0 Å². The third-order valence-electron chi connectivity index (χ3n) is 5.65. The Balaban J connectivity index is 1.25. The van der Waals surface area contributed by atoms with Crippen LogP contribution in [0.3, 0.4) is 0 Å². The molecule has 0 bridgehead atoms. The summed E-state index contributed by atoms with van der Waals surface area (Å²) in [4.78, 5) is 29.8. The summed E-state index contributed by atoms with van der Waals surface area (Å²) in [6.07, 6.45) is 0. The summed E-state index contributed by atoms with van der Waals surface area (Å²) in [7, 11) is 0. The maximum Gasteiger partial charge on any atom is 0.264 e. The van der Waals surface area contributed by atoms with Crippen molar-refractivity contribution in [3.05, 3.63) is 82.6 Å². The molecule has 5 nitrogen and oxygen atoms in total. The lowest BCUT2D eigenvalue weighted by Gasteiger charge is -2.34. The van der Waals surface area contributed by atoms with E-state index in [2.05, 4.69) is 46.6 Å². The Bertz CT molecular complexity index is 995. The van der Waals surface area contributed by atoms with E-state index in [1.165, 1.54) is 16.9 Å². The number of amides is 2. The number of benzene rings is 2. The Labute approximate surface area is 187 Å². The summed E-state index contributed by atoms with van der Waals surface area (Å²) in [5, 5.41) is 5.02. The molecule has 2 heterocycles. The molecule has 160 valence electrons. The minimum absolute atomic E-state index is 0.0117. The molecule has 0 spiro atoms. The molecular weight excluding hydrogens is 406 g/mol. The van der Waals surface area contributed by atoms with Gasteiger partial charge in [0.15, 0.2) is 0 Å². The van der Waals surface area contributed by atoms with Gasteiger partial charge in [0.1, 0.15) is 0 Å². The van der Waals surface area contributed by atoms with E-state index in [1.807, 2.05) is 47.5 Å². The molecule has 0 unspecified atom stereocenters.